The van der Waals surface area contributed by atoms with Crippen LogP contribution in [0.25, 0.3) is 0 Å². The predicted octanol–water partition coefficient (Wildman–Crippen LogP) is 5.80. The maximum Gasteiger partial charge on any atom is 0.0398 e. The molecule has 0 amide bonds. The van der Waals surface area contributed by atoms with E-state index < -0.39 is 0 Å². The molecule has 2 aromatic carbocycles. The Balaban J connectivity index is 0.000000161. The second kappa shape index (κ2) is 10.1. The lowest BCUT2D eigenvalue weighted by Gasteiger charge is -2.32. The van der Waals surface area contributed by atoms with Gasteiger partial charge in [0.1, 0.15) is 0 Å². The highest BCUT2D eigenvalue weighted by Gasteiger charge is 2.17. The van der Waals surface area contributed by atoms with Gasteiger partial charge in [0.05, 0.1) is 0 Å². The summed E-state index contributed by atoms with van der Waals surface area (Å²) in [6.07, 6.45) is 3.79. The van der Waals surface area contributed by atoms with Gasteiger partial charge >= 0.3 is 0 Å². The SMILES string of the molecule is CC(C)CN1CCCc2ccccc21.CC(C)CN1CCc2ccccc2C1. The highest BCUT2D eigenvalue weighted by molar-refractivity contribution is 5.55. The van der Waals surface area contributed by atoms with Gasteiger partial charge < -0.3 is 4.90 Å². The maximum absolute atomic E-state index is 2.56. The lowest BCUT2D eigenvalue weighted by Crippen LogP contribution is -2.33. The summed E-state index contributed by atoms with van der Waals surface area (Å²) in [5.74, 6) is 1.53. The van der Waals surface area contributed by atoms with Crippen molar-refractivity contribution in [2.75, 3.05) is 31.1 Å². The molecule has 2 aromatic rings. The molecule has 0 saturated heterocycles. The van der Waals surface area contributed by atoms with Crippen molar-refractivity contribution >= 4 is 5.69 Å². The minimum atomic E-state index is 0.751. The number of hydrogen-bond acceptors (Lipinski definition) is 2. The van der Waals surface area contributed by atoms with Crippen LogP contribution in [-0.4, -0.2) is 31.1 Å². The number of hydrogen-bond donors (Lipinski definition) is 0. The number of rotatable bonds is 4. The zero-order valence-electron chi connectivity index (χ0n) is 18.3. The van der Waals surface area contributed by atoms with Crippen molar-refractivity contribution in [1.29, 1.82) is 0 Å². The average Bonchev–Trinajstić information content (AvgIpc) is 2.68. The number of anilines is 1. The second-order valence-corrected chi connectivity index (χ2v) is 9.22. The van der Waals surface area contributed by atoms with Crippen LogP contribution in [0.4, 0.5) is 5.69 Å². The lowest BCUT2D eigenvalue weighted by molar-refractivity contribution is 0.226. The van der Waals surface area contributed by atoms with E-state index in [4.69, 9.17) is 0 Å². The number of nitrogens with zero attached hydrogens (tertiary/aromatic N) is 2. The van der Waals surface area contributed by atoms with E-state index in [1.54, 1.807) is 5.56 Å². The maximum atomic E-state index is 2.56. The Hall–Kier alpha value is -1.80. The third kappa shape index (κ3) is 5.85. The van der Waals surface area contributed by atoms with E-state index in [0.717, 1.165) is 18.4 Å². The number of fused-ring (bicyclic) bond motifs is 2. The Bertz CT molecular complexity index is 735. The van der Waals surface area contributed by atoms with Gasteiger partial charge in [-0.25, -0.2) is 0 Å². The minimum absolute atomic E-state index is 0.751. The first-order valence-corrected chi connectivity index (χ1v) is 11.1. The van der Waals surface area contributed by atoms with E-state index in [1.165, 1.54) is 62.3 Å². The molecule has 152 valence electrons. The van der Waals surface area contributed by atoms with Crippen molar-refractivity contribution in [3.8, 4) is 0 Å². The molecule has 2 heterocycles. The summed E-state index contributed by atoms with van der Waals surface area (Å²) in [7, 11) is 0. The first-order chi connectivity index (χ1) is 13.5. The first kappa shape index (κ1) is 20.9. The van der Waals surface area contributed by atoms with Crippen LogP contribution in [0.2, 0.25) is 0 Å². The van der Waals surface area contributed by atoms with Crippen molar-refractivity contribution in [3.63, 3.8) is 0 Å². The molecule has 0 bridgehead atoms. The lowest BCUT2D eigenvalue weighted by atomic mass is 9.99. The zero-order valence-corrected chi connectivity index (χ0v) is 18.3. The summed E-state index contributed by atoms with van der Waals surface area (Å²) in [6.45, 7) is 15.2. The van der Waals surface area contributed by atoms with Crippen molar-refractivity contribution in [2.24, 2.45) is 11.8 Å². The van der Waals surface area contributed by atoms with Crippen molar-refractivity contribution in [2.45, 2.75) is 53.5 Å². The van der Waals surface area contributed by atoms with Gasteiger partial charge in [-0.1, -0.05) is 70.2 Å². The molecule has 4 rings (SSSR count). The van der Waals surface area contributed by atoms with Gasteiger partial charge in [0.15, 0.2) is 0 Å². The van der Waals surface area contributed by atoms with Crippen LogP contribution in [0.15, 0.2) is 48.5 Å². The van der Waals surface area contributed by atoms with Crippen LogP contribution in [-0.2, 0) is 19.4 Å². The second-order valence-electron chi connectivity index (χ2n) is 9.22. The summed E-state index contributed by atoms with van der Waals surface area (Å²) in [5, 5.41) is 0. The monoisotopic (exact) mass is 378 g/mol. The summed E-state index contributed by atoms with van der Waals surface area (Å²) >= 11 is 0. The highest BCUT2D eigenvalue weighted by atomic mass is 15.1. The number of benzene rings is 2. The molecule has 28 heavy (non-hydrogen) atoms. The van der Waals surface area contributed by atoms with Gasteiger partial charge in [0.2, 0.25) is 0 Å². The zero-order chi connectivity index (χ0) is 19.9. The molecule has 2 nitrogen and oxygen atoms in total. The predicted molar refractivity (Wildman–Crippen MR) is 122 cm³/mol. The van der Waals surface area contributed by atoms with Gasteiger partial charge in [-0.15, -0.1) is 0 Å². The molecule has 0 aliphatic carbocycles. The molecule has 0 saturated carbocycles. The Morgan fingerprint density at radius 1 is 0.714 bits per heavy atom. The van der Waals surface area contributed by atoms with Crippen LogP contribution < -0.4 is 4.90 Å². The summed E-state index contributed by atoms with van der Waals surface area (Å²) < 4.78 is 0. The van der Waals surface area contributed by atoms with E-state index in [1.807, 2.05) is 0 Å². The van der Waals surface area contributed by atoms with E-state index in [-0.39, 0.29) is 0 Å². The van der Waals surface area contributed by atoms with E-state index >= 15 is 0 Å². The van der Waals surface area contributed by atoms with Gasteiger partial charge in [-0.3, -0.25) is 4.90 Å². The molecule has 2 aliphatic heterocycles. The molecule has 2 aliphatic rings. The third-order valence-electron chi connectivity index (χ3n) is 5.63. The minimum Gasteiger partial charge on any atom is -0.371 e. The summed E-state index contributed by atoms with van der Waals surface area (Å²) in [6, 6.07) is 17.7. The van der Waals surface area contributed by atoms with E-state index in [9.17, 15) is 0 Å². The topological polar surface area (TPSA) is 6.48 Å². The normalized spacial score (nSPS) is 16.4. The Morgan fingerprint density at radius 2 is 1.36 bits per heavy atom. The Morgan fingerprint density at radius 3 is 2.07 bits per heavy atom. The van der Waals surface area contributed by atoms with Crippen LogP contribution >= 0.6 is 0 Å². The highest BCUT2D eigenvalue weighted by Crippen LogP contribution is 2.27. The Kier molecular flexibility index (Phi) is 7.56. The van der Waals surface area contributed by atoms with Gasteiger partial charge in [-0.05, 0) is 53.9 Å². The largest absolute Gasteiger partial charge is 0.371 e. The van der Waals surface area contributed by atoms with Crippen LogP contribution in [0, 0.1) is 11.8 Å². The molecule has 0 spiro atoms. The fourth-order valence-corrected chi connectivity index (χ4v) is 4.47. The average molecular weight is 379 g/mol. The summed E-state index contributed by atoms with van der Waals surface area (Å²) in [4.78, 5) is 5.09. The summed E-state index contributed by atoms with van der Waals surface area (Å²) in [5.41, 5.74) is 6.07. The van der Waals surface area contributed by atoms with Gasteiger partial charge in [-0.2, -0.15) is 0 Å². The molecule has 0 aromatic heterocycles. The smallest absolute Gasteiger partial charge is 0.0398 e. The van der Waals surface area contributed by atoms with E-state index in [2.05, 4.69) is 86.0 Å². The standard InChI is InChI=1S/2C13H19N/c1-11(2)10-14-9-5-7-12-6-3-4-8-13(12)14;1-11(2)9-14-8-7-12-5-3-4-6-13(12)10-14/h3-4,6,8,11H,5,7,9-10H2,1-2H3;3-6,11H,7-10H2,1-2H3. The Labute approximate surface area is 172 Å². The fourth-order valence-electron chi connectivity index (χ4n) is 4.47. The third-order valence-corrected chi connectivity index (χ3v) is 5.63. The first-order valence-electron chi connectivity index (χ1n) is 11.1. The number of para-hydroxylation sites is 1. The van der Waals surface area contributed by atoms with E-state index in [0.29, 0.717) is 0 Å². The van der Waals surface area contributed by atoms with Crippen LogP contribution in [0.3, 0.4) is 0 Å². The quantitative estimate of drug-likeness (QED) is 0.664. The van der Waals surface area contributed by atoms with Crippen LogP contribution in [0.5, 0.6) is 0 Å². The molecule has 0 fully saturated rings. The molecule has 0 radical (unpaired) electrons. The van der Waals surface area contributed by atoms with Crippen molar-refractivity contribution in [3.05, 3.63) is 65.2 Å². The molecular formula is C26H38N2. The van der Waals surface area contributed by atoms with Gasteiger partial charge in [0.25, 0.3) is 0 Å². The van der Waals surface area contributed by atoms with Crippen LogP contribution in [0.1, 0.15) is 50.8 Å². The number of aryl methyl sites for hydroxylation is 1. The molecular weight excluding hydrogens is 340 g/mol. The van der Waals surface area contributed by atoms with Crippen molar-refractivity contribution < 1.29 is 0 Å². The molecule has 0 N–H and O–H groups in total. The van der Waals surface area contributed by atoms with Gasteiger partial charge in [0, 0.05) is 38.4 Å². The van der Waals surface area contributed by atoms with Crippen molar-refractivity contribution in [1.82, 2.24) is 4.90 Å². The fraction of sp³-hybridized carbons (Fsp3) is 0.538. The molecule has 0 unspecified atom stereocenters. The molecule has 0 atom stereocenters. The molecule has 2 heteroatoms.